The molecule has 0 spiro atoms. The van der Waals surface area contributed by atoms with Crippen LogP contribution in [0.5, 0.6) is 0 Å². The van der Waals surface area contributed by atoms with Gasteiger partial charge in [-0.15, -0.1) is 6.58 Å². The van der Waals surface area contributed by atoms with E-state index in [1.165, 1.54) is 0 Å². The highest BCUT2D eigenvalue weighted by Crippen LogP contribution is 2.18. The van der Waals surface area contributed by atoms with Gasteiger partial charge >= 0.3 is 0 Å². The normalized spacial score (nSPS) is 33.4. The molecule has 2 heteroatoms. The second kappa shape index (κ2) is 2.99. The maximum Gasteiger partial charge on any atom is 0.0693 e. The van der Waals surface area contributed by atoms with Crippen molar-refractivity contribution in [3.05, 3.63) is 12.7 Å². The summed E-state index contributed by atoms with van der Waals surface area (Å²) in [7, 11) is 0. The van der Waals surface area contributed by atoms with Gasteiger partial charge in [0, 0.05) is 12.6 Å². The van der Waals surface area contributed by atoms with Crippen molar-refractivity contribution >= 4 is 0 Å². The van der Waals surface area contributed by atoms with Crippen LogP contribution >= 0.6 is 0 Å². The van der Waals surface area contributed by atoms with Gasteiger partial charge in [-0.2, -0.15) is 0 Å². The average molecular weight is 127 g/mol. The van der Waals surface area contributed by atoms with Crippen LogP contribution in [-0.2, 0) is 0 Å². The molecule has 2 atom stereocenters. The molecule has 0 aromatic carbocycles. The van der Waals surface area contributed by atoms with Crippen LogP contribution in [0, 0.1) is 0 Å². The summed E-state index contributed by atoms with van der Waals surface area (Å²) in [4.78, 5) is 0. The second-order valence-electron chi connectivity index (χ2n) is 2.45. The Bertz CT molecular complexity index is 103. The second-order valence-corrected chi connectivity index (χ2v) is 2.45. The highest BCUT2D eigenvalue weighted by Gasteiger charge is 2.27. The Morgan fingerprint density at radius 3 is 2.78 bits per heavy atom. The first-order valence-corrected chi connectivity index (χ1v) is 3.37. The Hall–Kier alpha value is -0.340. The molecule has 9 heavy (non-hydrogen) atoms. The smallest absolute Gasteiger partial charge is 0.0693 e. The SMILES string of the molecule is C=CCN[C@H]1CC[C@@H]1O. The molecule has 0 bridgehead atoms. The van der Waals surface area contributed by atoms with Crippen LogP contribution in [0.2, 0.25) is 0 Å². The van der Waals surface area contributed by atoms with E-state index in [4.69, 9.17) is 5.11 Å². The van der Waals surface area contributed by atoms with Crippen LogP contribution in [-0.4, -0.2) is 23.8 Å². The first-order chi connectivity index (χ1) is 4.34. The molecular formula is C7H13NO. The van der Waals surface area contributed by atoms with E-state index in [1.54, 1.807) is 0 Å². The third-order valence-corrected chi connectivity index (χ3v) is 1.76. The third kappa shape index (κ3) is 1.53. The molecule has 1 fully saturated rings. The lowest BCUT2D eigenvalue weighted by molar-refractivity contribution is 0.0520. The number of rotatable bonds is 3. The first-order valence-electron chi connectivity index (χ1n) is 3.37. The first kappa shape index (κ1) is 6.78. The topological polar surface area (TPSA) is 32.3 Å². The fourth-order valence-electron chi connectivity index (χ4n) is 0.955. The van der Waals surface area contributed by atoms with Crippen molar-refractivity contribution in [2.75, 3.05) is 6.54 Å². The molecule has 0 radical (unpaired) electrons. The van der Waals surface area contributed by atoms with Crippen molar-refractivity contribution in [2.24, 2.45) is 0 Å². The molecule has 2 nitrogen and oxygen atoms in total. The summed E-state index contributed by atoms with van der Waals surface area (Å²) >= 11 is 0. The van der Waals surface area contributed by atoms with Crippen molar-refractivity contribution in [1.82, 2.24) is 5.32 Å². The van der Waals surface area contributed by atoms with E-state index in [0.29, 0.717) is 6.04 Å². The van der Waals surface area contributed by atoms with E-state index in [1.807, 2.05) is 6.08 Å². The summed E-state index contributed by atoms with van der Waals surface area (Å²) in [5.41, 5.74) is 0. The molecule has 0 aromatic rings. The molecule has 1 aliphatic rings. The fourth-order valence-corrected chi connectivity index (χ4v) is 0.955. The van der Waals surface area contributed by atoms with Crippen molar-refractivity contribution in [3.63, 3.8) is 0 Å². The maximum absolute atomic E-state index is 9.04. The highest BCUT2D eigenvalue weighted by atomic mass is 16.3. The molecule has 0 aliphatic heterocycles. The van der Waals surface area contributed by atoms with Crippen LogP contribution in [0.15, 0.2) is 12.7 Å². The summed E-state index contributed by atoms with van der Waals surface area (Å²) in [6, 6.07) is 0.336. The quantitative estimate of drug-likeness (QED) is 0.534. The highest BCUT2D eigenvalue weighted by molar-refractivity contribution is 4.88. The summed E-state index contributed by atoms with van der Waals surface area (Å²) in [6.07, 6.45) is 3.76. The number of aliphatic hydroxyl groups excluding tert-OH is 1. The Morgan fingerprint density at radius 2 is 2.44 bits per heavy atom. The lowest BCUT2D eigenvalue weighted by Crippen LogP contribution is -2.47. The predicted octanol–water partition coefficient (Wildman–Crippen LogP) is 0.285. The van der Waals surface area contributed by atoms with Gasteiger partial charge in [0.25, 0.3) is 0 Å². The number of aliphatic hydroxyl groups is 1. The third-order valence-electron chi connectivity index (χ3n) is 1.76. The zero-order valence-electron chi connectivity index (χ0n) is 5.51. The molecule has 52 valence electrons. The minimum atomic E-state index is -0.107. The summed E-state index contributed by atoms with van der Waals surface area (Å²) < 4.78 is 0. The van der Waals surface area contributed by atoms with Gasteiger partial charge in [-0.05, 0) is 12.8 Å². The number of hydrogen-bond acceptors (Lipinski definition) is 2. The molecule has 0 unspecified atom stereocenters. The largest absolute Gasteiger partial charge is 0.392 e. The Morgan fingerprint density at radius 1 is 1.67 bits per heavy atom. The molecular weight excluding hydrogens is 114 g/mol. The minimum absolute atomic E-state index is 0.107. The van der Waals surface area contributed by atoms with E-state index < -0.39 is 0 Å². The summed E-state index contributed by atoms with van der Waals surface area (Å²) in [6.45, 7) is 4.38. The summed E-state index contributed by atoms with van der Waals surface area (Å²) in [5.74, 6) is 0. The van der Waals surface area contributed by atoms with Crippen LogP contribution in [0.4, 0.5) is 0 Å². The van der Waals surface area contributed by atoms with Crippen LogP contribution in [0.1, 0.15) is 12.8 Å². The molecule has 0 aromatic heterocycles. The van der Waals surface area contributed by atoms with Crippen molar-refractivity contribution < 1.29 is 5.11 Å². The van der Waals surface area contributed by atoms with Crippen molar-refractivity contribution in [2.45, 2.75) is 25.0 Å². The standard InChI is InChI=1S/C7H13NO/c1-2-5-8-6-3-4-7(6)9/h2,6-9H,1,3-5H2/t6-,7-/m0/s1. The van der Waals surface area contributed by atoms with Gasteiger partial charge in [-0.25, -0.2) is 0 Å². The molecule has 1 saturated carbocycles. The molecule has 1 rings (SSSR count). The van der Waals surface area contributed by atoms with Gasteiger partial charge in [0.1, 0.15) is 0 Å². The molecule has 1 aliphatic carbocycles. The van der Waals surface area contributed by atoms with E-state index in [0.717, 1.165) is 19.4 Å². The molecule has 0 amide bonds. The predicted molar refractivity (Wildman–Crippen MR) is 37.2 cm³/mol. The lowest BCUT2D eigenvalue weighted by atomic mass is 9.89. The van der Waals surface area contributed by atoms with E-state index in [9.17, 15) is 0 Å². The minimum Gasteiger partial charge on any atom is -0.392 e. The van der Waals surface area contributed by atoms with Crippen LogP contribution in [0.3, 0.4) is 0 Å². The van der Waals surface area contributed by atoms with Gasteiger partial charge < -0.3 is 10.4 Å². The van der Waals surface area contributed by atoms with Gasteiger partial charge in [0.05, 0.1) is 6.10 Å². The molecule has 0 saturated heterocycles. The van der Waals surface area contributed by atoms with Crippen molar-refractivity contribution in [3.8, 4) is 0 Å². The van der Waals surface area contributed by atoms with Gasteiger partial charge in [0.15, 0.2) is 0 Å². The Balaban J connectivity index is 2.06. The number of hydrogen-bond donors (Lipinski definition) is 2. The zero-order chi connectivity index (χ0) is 6.69. The summed E-state index contributed by atoms with van der Waals surface area (Å²) in [5, 5.41) is 12.2. The fraction of sp³-hybridized carbons (Fsp3) is 0.714. The number of nitrogens with one attached hydrogen (secondary N) is 1. The van der Waals surface area contributed by atoms with E-state index in [-0.39, 0.29) is 6.10 Å². The maximum atomic E-state index is 9.04. The Kier molecular flexibility index (Phi) is 2.25. The van der Waals surface area contributed by atoms with Crippen LogP contribution < -0.4 is 5.32 Å². The Labute approximate surface area is 55.6 Å². The molecule has 0 heterocycles. The van der Waals surface area contributed by atoms with Crippen LogP contribution in [0.25, 0.3) is 0 Å². The average Bonchev–Trinajstić information content (AvgIpc) is 1.86. The van der Waals surface area contributed by atoms with E-state index in [2.05, 4.69) is 11.9 Å². The van der Waals surface area contributed by atoms with Gasteiger partial charge in [-0.1, -0.05) is 6.08 Å². The monoisotopic (exact) mass is 127 g/mol. The zero-order valence-corrected chi connectivity index (χ0v) is 5.51. The molecule has 2 N–H and O–H groups in total. The van der Waals surface area contributed by atoms with Crippen molar-refractivity contribution in [1.29, 1.82) is 0 Å². The van der Waals surface area contributed by atoms with E-state index >= 15 is 0 Å². The van der Waals surface area contributed by atoms with Gasteiger partial charge in [0.2, 0.25) is 0 Å². The van der Waals surface area contributed by atoms with Gasteiger partial charge in [-0.3, -0.25) is 0 Å². The lowest BCUT2D eigenvalue weighted by Gasteiger charge is -2.32.